The number of amides is 1. The molecular weight excluding hydrogens is 310 g/mol. The number of ether oxygens (including phenoxy) is 2. The van der Waals surface area contributed by atoms with Crippen molar-refractivity contribution in [3.8, 4) is 11.5 Å². The normalized spacial score (nSPS) is 20.2. The van der Waals surface area contributed by atoms with E-state index in [1.54, 1.807) is 11.8 Å². The molecule has 0 atom stereocenters. The third-order valence-corrected chi connectivity index (χ3v) is 5.67. The van der Waals surface area contributed by atoms with E-state index in [2.05, 4.69) is 5.32 Å². The Morgan fingerprint density at radius 3 is 2.52 bits per heavy atom. The Labute approximate surface area is 141 Å². The van der Waals surface area contributed by atoms with Gasteiger partial charge in [-0.05, 0) is 55.7 Å². The van der Waals surface area contributed by atoms with Crippen molar-refractivity contribution < 1.29 is 14.3 Å². The number of carbonyl (C=O) groups is 1. The van der Waals surface area contributed by atoms with Crippen LogP contribution in [0.15, 0.2) is 23.1 Å². The van der Waals surface area contributed by atoms with Gasteiger partial charge >= 0.3 is 0 Å². The maximum Gasteiger partial charge on any atom is 0.230 e. The Morgan fingerprint density at radius 2 is 1.83 bits per heavy atom. The summed E-state index contributed by atoms with van der Waals surface area (Å²) in [5, 5.41) is 3.27. The van der Waals surface area contributed by atoms with Crippen LogP contribution in [0.4, 0.5) is 0 Å². The minimum atomic E-state index is 0.158. The van der Waals surface area contributed by atoms with E-state index in [-0.39, 0.29) is 5.91 Å². The number of hydrogen-bond donors (Lipinski definition) is 1. The van der Waals surface area contributed by atoms with Crippen LogP contribution < -0.4 is 14.8 Å². The van der Waals surface area contributed by atoms with Crippen molar-refractivity contribution in [3.05, 3.63) is 18.2 Å². The number of fused-ring (bicyclic) bond motifs is 1. The molecule has 0 aromatic heterocycles. The summed E-state index contributed by atoms with van der Waals surface area (Å²) >= 11 is 1.57. The summed E-state index contributed by atoms with van der Waals surface area (Å²) in [7, 11) is 0. The second-order valence-corrected chi connectivity index (χ2v) is 7.76. The summed E-state index contributed by atoms with van der Waals surface area (Å²) in [6, 6.07) is 6.37. The minimum absolute atomic E-state index is 0.158. The SMILES string of the molecule is O=C(CSc1ccc2c(c1)OCCCO2)NC(C1CC1)C1CC1. The van der Waals surface area contributed by atoms with E-state index in [0.717, 1.165) is 34.7 Å². The van der Waals surface area contributed by atoms with Crippen LogP contribution in [0.2, 0.25) is 0 Å². The van der Waals surface area contributed by atoms with Gasteiger partial charge in [-0.25, -0.2) is 0 Å². The Balaban J connectivity index is 1.31. The van der Waals surface area contributed by atoms with E-state index in [9.17, 15) is 4.79 Å². The van der Waals surface area contributed by atoms with E-state index >= 15 is 0 Å². The van der Waals surface area contributed by atoms with E-state index in [1.807, 2.05) is 18.2 Å². The first kappa shape index (κ1) is 15.2. The van der Waals surface area contributed by atoms with Crippen LogP contribution in [0, 0.1) is 11.8 Å². The highest BCUT2D eigenvalue weighted by Gasteiger charge is 2.42. The zero-order chi connectivity index (χ0) is 15.6. The van der Waals surface area contributed by atoms with Gasteiger partial charge in [0.2, 0.25) is 5.91 Å². The number of benzene rings is 1. The molecule has 1 heterocycles. The van der Waals surface area contributed by atoms with Crippen molar-refractivity contribution in [1.82, 2.24) is 5.32 Å². The second-order valence-electron chi connectivity index (χ2n) is 6.72. The summed E-state index contributed by atoms with van der Waals surface area (Å²) in [5.41, 5.74) is 0. The molecule has 2 saturated carbocycles. The maximum absolute atomic E-state index is 12.2. The van der Waals surface area contributed by atoms with E-state index < -0.39 is 0 Å². The molecule has 5 heteroatoms. The first-order valence-corrected chi connectivity index (χ1v) is 9.60. The Bertz CT molecular complexity index is 572. The molecule has 1 aromatic rings. The van der Waals surface area contributed by atoms with Crippen molar-refractivity contribution in [2.45, 2.75) is 43.0 Å². The van der Waals surface area contributed by atoms with Gasteiger partial charge < -0.3 is 14.8 Å². The quantitative estimate of drug-likeness (QED) is 0.812. The largest absolute Gasteiger partial charge is 0.490 e. The fraction of sp³-hybridized carbons (Fsp3) is 0.611. The van der Waals surface area contributed by atoms with Gasteiger partial charge in [-0.2, -0.15) is 0 Å². The molecule has 0 unspecified atom stereocenters. The van der Waals surface area contributed by atoms with Gasteiger partial charge in [0, 0.05) is 17.4 Å². The lowest BCUT2D eigenvalue weighted by molar-refractivity contribution is -0.119. The Morgan fingerprint density at radius 1 is 1.13 bits per heavy atom. The van der Waals surface area contributed by atoms with Crippen LogP contribution in [-0.4, -0.2) is 30.9 Å². The molecule has 3 aliphatic rings. The van der Waals surface area contributed by atoms with Crippen LogP contribution in [0.1, 0.15) is 32.1 Å². The van der Waals surface area contributed by atoms with Crippen LogP contribution in [0.5, 0.6) is 11.5 Å². The molecule has 1 aliphatic heterocycles. The van der Waals surface area contributed by atoms with Gasteiger partial charge in [0.25, 0.3) is 0 Å². The third kappa shape index (κ3) is 3.94. The van der Waals surface area contributed by atoms with Crippen molar-refractivity contribution in [2.24, 2.45) is 11.8 Å². The average Bonchev–Trinajstić information content (AvgIpc) is 3.41. The second kappa shape index (κ2) is 6.63. The summed E-state index contributed by atoms with van der Waals surface area (Å²) in [6.07, 6.45) is 6.06. The van der Waals surface area contributed by atoms with Crippen LogP contribution in [-0.2, 0) is 4.79 Å². The Hall–Kier alpha value is -1.36. The number of nitrogens with one attached hydrogen (secondary N) is 1. The summed E-state index contributed by atoms with van der Waals surface area (Å²) in [4.78, 5) is 13.3. The molecule has 23 heavy (non-hydrogen) atoms. The summed E-state index contributed by atoms with van der Waals surface area (Å²) in [5.74, 6) is 3.71. The zero-order valence-electron chi connectivity index (χ0n) is 13.3. The molecule has 4 rings (SSSR count). The molecule has 1 N–H and O–H groups in total. The number of rotatable bonds is 6. The predicted molar refractivity (Wildman–Crippen MR) is 90.2 cm³/mol. The zero-order valence-corrected chi connectivity index (χ0v) is 14.1. The topological polar surface area (TPSA) is 47.6 Å². The minimum Gasteiger partial charge on any atom is -0.490 e. The molecule has 124 valence electrons. The fourth-order valence-electron chi connectivity index (χ4n) is 3.14. The molecule has 0 bridgehead atoms. The fourth-order valence-corrected chi connectivity index (χ4v) is 3.88. The molecule has 2 aliphatic carbocycles. The first-order valence-electron chi connectivity index (χ1n) is 8.61. The molecular formula is C18H23NO3S. The standard InChI is InChI=1S/C18H23NO3S/c20-17(19-18(12-2-3-12)13-4-5-13)11-23-14-6-7-15-16(10-14)22-9-1-8-21-15/h6-7,10,12-13,18H,1-5,8-9,11H2,(H,19,20). The molecule has 0 spiro atoms. The first-order chi connectivity index (χ1) is 11.3. The average molecular weight is 333 g/mol. The van der Waals surface area contributed by atoms with Gasteiger partial charge in [0.05, 0.1) is 19.0 Å². The van der Waals surface area contributed by atoms with Gasteiger partial charge in [-0.15, -0.1) is 11.8 Å². The lowest BCUT2D eigenvalue weighted by Gasteiger charge is -2.17. The van der Waals surface area contributed by atoms with Crippen LogP contribution in [0.3, 0.4) is 0 Å². The van der Waals surface area contributed by atoms with E-state index in [1.165, 1.54) is 25.7 Å². The highest BCUT2D eigenvalue weighted by Crippen LogP contribution is 2.44. The maximum atomic E-state index is 12.2. The van der Waals surface area contributed by atoms with E-state index in [0.29, 0.717) is 25.0 Å². The highest BCUT2D eigenvalue weighted by molar-refractivity contribution is 8.00. The van der Waals surface area contributed by atoms with Gasteiger partial charge in [-0.3, -0.25) is 4.79 Å². The van der Waals surface area contributed by atoms with E-state index in [4.69, 9.17) is 9.47 Å². The number of thioether (sulfide) groups is 1. The molecule has 1 aromatic carbocycles. The smallest absolute Gasteiger partial charge is 0.230 e. The predicted octanol–water partition coefficient (Wildman–Crippen LogP) is 3.24. The summed E-state index contributed by atoms with van der Waals surface area (Å²) in [6.45, 7) is 1.39. The molecule has 0 radical (unpaired) electrons. The Kier molecular flexibility index (Phi) is 4.38. The molecule has 1 amide bonds. The third-order valence-electron chi connectivity index (χ3n) is 4.68. The number of carbonyl (C=O) groups excluding carboxylic acids is 1. The lowest BCUT2D eigenvalue weighted by Crippen LogP contribution is -2.39. The van der Waals surface area contributed by atoms with Crippen molar-refractivity contribution in [2.75, 3.05) is 19.0 Å². The van der Waals surface area contributed by atoms with Crippen molar-refractivity contribution in [1.29, 1.82) is 0 Å². The van der Waals surface area contributed by atoms with Gasteiger partial charge in [0.15, 0.2) is 11.5 Å². The van der Waals surface area contributed by atoms with Crippen LogP contribution >= 0.6 is 11.8 Å². The monoisotopic (exact) mass is 333 g/mol. The van der Waals surface area contributed by atoms with Gasteiger partial charge in [0.1, 0.15) is 0 Å². The summed E-state index contributed by atoms with van der Waals surface area (Å²) < 4.78 is 11.3. The van der Waals surface area contributed by atoms with Crippen molar-refractivity contribution in [3.63, 3.8) is 0 Å². The van der Waals surface area contributed by atoms with Crippen molar-refractivity contribution >= 4 is 17.7 Å². The van der Waals surface area contributed by atoms with Gasteiger partial charge in [-0.1, -0.05) is 0 Å². The molecule has 2 fully saturated rings. The highest BCUT2D eigenvalue weighted by atomic mass is 32.2. The molecule has 0 saturated heterocycles. The number of hydrogen-bond acceptors (Lipinski definition) is 4. The van der Waals surface area contributed by atoms with Crippen LogP contribution in [0.25, 0.3) is 0 Å². The molecule has 4 nitrogen and oxygen atoms in total. The lowest BCUT2D eigenvalue weighted by atomic mass is 10.1.